The highest BCUT2D eigenvalue weighted by Gasteiger charge is 2.30. The van der Waals surface area contributed by atoms with Gasteiger partial charge < -0.3 is 9.47 Å². The van der Waals surface area contributed by atoms with Crippen LogP contribution in [0.15, 0.2) is 0 Å². The number of hydrogen-bond donors (Lipinski definition) is 0. The average molecular weight is 201 g/mol. The molecule has 84 valence electrons. The molecule has 0 N–H and O–H groups in total. The summed E-state index contributed by atoms with van der Waals surface area (Å²) in [6.45, 7) is 6.55. The molecule has 0 aromatic carbocycles. The van der Waals surface area contributed by atoms with Crippen LogP contribution in [-0.2, 0) is 9.47 Å². The minimum atomic E-state index is -0.0747. The first-order chi connectivity index (χ1) is 6.67. The Morgan fingerprint density at radius 2 is 1.71 bits per heavy atom. The molecule has 0 unspecified atom stereocenters. The molecular formula is C11H23NO2. The number of methoxy groups -OCH3 is 2. The van der Waals surface area contributed by atoms with E-state index in [0.29, 0.717) is 5.92 Å². The van der Waals surface area contributed by atoms with Gasteiger partial charge in [-0.2, -0.15) is 0 Å². The largest absolute Gasteiger partial charge is 0.355 e. The highest BCUT2D eigenvalue weighted by Crippen LogP contribution is 2.27. The van der Waals surface area contributed by atoms with Crippen molar-refractivity contribution in [1.29, 1.82) is 0 Å². The van der Waals surface area contributed by atoms with Gasteiger partial charge in [0.1, 0.15) is 0 Å². The Morgan fingerprint density at radius 1 is 1.14 bits per heavy atom. The van der Waals surface area contributed by atoms with Gasteiger partial charge in [-0.25, -0.2) is 0 Å². The minimum Gasteiger partial charge on any atom is -0.355 e. The summed E-state index contributed by atoms with van der Waals surface area (Å²) < 4.78 is 10.5. The molecule has 0 bridgehead atoms. The van der Waals surface area contributed by atoms with Crippen LogP contribution >= 0.6 is 0 Å². The lowest BCUT2D eigenvalue weighted by Crippen LogP contribution is -2.38. The fraction of sp³-hybridized carbons (Fsp3) is 1.00. The van der Waals surface area contributed by atoms with Crippen LogP contribution in [0.3, 0.4) is 0 Å². The molecule has 0 radical (unpaired) electrons. The molecule has 0 amide bonds. The summed E-state index contributed by atoms with van der Waals surface area (Å²) >= 11 is 0. The second kappa shape index (κ2) is 5.69. The van der Waals surface area contributed by atoms with Crippen LogP contribution in [0.4, 0.5) is 0 Å². The highest BCUT2D eigenvalue weighted by atomic mass is 16.7. The van der Waals surface area contributed by atoms with Gasteiger partial charge in [0.05, 0.1) is 0 Å². The van der Waals surface area contributed by atoms with Crippen LogP contribution in [0.5, 0.6) is 0 Å². The molecular weight excluding hydrogens is 178 g/mol. The van der Waals surface area contributed by atoms with Gasteiger partial charge in [-0.3, -0.25) is 4.90 Å². The van der Waals surface area contributed by atoms with Crippen LogP contribution in [0.1, 0.15) is 26.7 Å². The first kappa shape index (κ1) is 12.0. The maximum Gasteiger partial charge on any atom is 0.169 e. The molecule has 0 atom stereocenters. The van der Waals surface area contributed by atoms with Crippen molar-refractivity contribution in [3.05, 3.63) is 0 Å². The molecule has 1 aliphatic carbocycles. The van der Waals surface area contributed by atoms with Gasteiger partial charge in [0, 0.05) is 33.4 Å². The van der Waals surface area contributed by atoms with Crippen molar-refractivity contribution < 1.29 is 9.47 Å². The smallest absolute Gasteiger partial charge is 0.169 e. The molecule has 0 aromatic rings. The predicted octanol–water partition coefficient (Wildman–Crippen LogP) is 1.73. The molecule has 0 heterocycles. The summed E-state index contributed by atoms with van der Waals surface area (Å²) in [7, 11) is 3.41. The molecule has 1 aliphatic rings. The molecule has 0 saturated heterocycles. The van der Waals surface area contributed by atoms with Gasteiger partial charge in [-0.1, -0.05) is 13.8 Å². The predicted molar refractivity (Wildman–Crippen MR) is 57.2 cm³/mol. The zero-order chi connectivity index (χ0) is 10.6. The van der Waals surface area contributed by atoms with E-state index < -0.39 is 0 Å². The van der Waals surface area contributed by atoms with Crippen LogP contribution in [0, 0.1) is 5.92 Å². The first-order valence-electron chi connectivity index (χ1n) is 5.47. The van der Waals surface area contributed by atoms with E-state index in [0.717, 1.165) is 19.1 Å². The number of nitrogens with zero attached hydrogens (tertiary/aromatic N) is 1. The van der Waals surface area contributed by atoms with E-state index in [-0.39, 0.29) is 6.29 Å². The normalized spacial score (nSPS) is 17.4. The van der Waals surface area contributed by atoms with E-state index in [4.69, 9.17) is 9.47 Å². The molecule has 0 aromatic heterocycles. The van der Waals surface area contributed by atoms with Crippen molar-refractivity contribution in [3.63, 3.8) is 0 Å². The molecule has 3 nitrogen and oxygen atoms in total. The maximum absolute atomic E-state index is 5.23. The molecule has 1 fully saturated rings. The van der Waals surface area contributed by atoms with Gasteiger partial charge in [-0.15, -0.1) is 0 Å². The molecule has 3 heteroatoms. The van der Waals surface area contributed by atoms with Crippen LogP contribution in [0.25, 0.3) is 0 Å². The summed E-state index contributed by atoms with van der Waals surface area (Å²) in [5, 5.41) is 0. The van der Waals surface area contributed by atoms with Gasteiger partial charge >= 0.3 is 0 Å². The number of ether oxygens (including phenoxy) is 2. The van der Waals surface area contributed by atoms with Gasteiger partial charge in [0.25, 0.3) is 0 Å². The van der Waals surface area contributed by atoms with E-state index in [1.165, 1.54) is 12.8 Å². The van der Waals surface area contributed by atoms with E-state index in [9.17, 15) is 0 Å². The third-order valence-corrected chi connectivity index (χ3v) is 2.57. The third kappa shape index (κ3) is 3.95. The number of rotatable bonds is 7. The zero-order valence-electron chi connectivity index (χ0n) is 9.82. The topological polar surface area (TPSA) is 21.7 Å². The Bertz CT molecular complexity index is 153. The second-order valence-corrected chi connectivity index (χ2v) is 4.48. The molecule has 1 rings (SSSR count). The lowest BCUT2D eigenvalue weighted by molar-refractivity contribution is -0.118. The Morgan fingerprint density at radius 3 is 2.07 bits per heavy atom. The Kier molecular flexibility index (Phi) is 4.85. The summed E-state index contributed by atoms with van der Waals surface area (Å²) in [6, 6.07) is 0.783. The highest BCUT2D eigenvalue weighted by molar-refractivity contribution is 4.85. The molecule has 0 spiro atoms. The fourth-order valence-electron chi connectivity index (χ4n) is 1.72. The zero-order valence-corrected chi connectivity index (χ0v) is 9.82. The molecule has 1 saturated carbocycles. The van der Waals surface area contributed by atoms with E-state index in [2.05, 4.69) is 18.7 Å². The summed E-state index contributed by atoms with van der Waals surface area (Å²) in [5.74, 6) is 0.713. The van der Waals surface area contributed by atoms with E-state index in [1.807, 2.05) is 0 Å². The molecule has 14 heavy (non-hydrogen) atoms. The minimum absolute atomic E-state index is 0.0747. The molecule has 0 aliphatic heterocycles. The van der Waals surface area contributed by atoms with Crippen molar-refractivity contribution in [1.82, 2.24) is 4.90 Å². The number of hydrogen-bond acceptors (Lipinski definition) is 3. The fourth-order valence-corrected chi connectivity index (χ4v) is 1.72. The standard InChI is InChI=1S/C11H23NO2/c1-9(2)7-12(10-5-6-10)8-11(13-3)14-4/h9-11H,5-8H2,1-4H3. The van der Waals surface area contributed by atoms with E-state index >= 15 is 0 Å². The van der Waals surface area contributed by atoms with Crippen LogP contribution < -0.4 is 0 Å². The van der Waals surface area contributed by atoms with Gasteiger partial charge in [0.15, 0.2) is 6.29 Å². The Balaban J connectivity index is 2.33. The van der Waals surface area contributed by atoms with Crippen molar-refractivity contribution in [2.45, 2.75) is 39.0 Å². The van der Waals surface area contributed by atoms with Crippen molar-refractivity contribution >= 4 is 0 Å². The quantitative estimate of drug-likeness (QED) is 0.585. The van der Waals surface area contributed by atoms with Crippen molar-refractivity contribution in [2.24, 2.45) is 5.92 Å². The van der Waals surface area contributed by atoms with E-state index in [1.54, 1.807) is 14.2 Å². The summed E-state index contributed by atoms with van der Waals surface area (Å²) in [5.41, 5.74) is 0. The van der Waals surface area contributed by atoms with Gasteiger partial charge in [-0.05, 0) is 18.8 Å². The van der Waals surface area contributed by atoms with Gasteiger partial charge in [0.2, 0.25) is 0 Å². The maximum atomic E-state index is 5.23. The van der Waals surface area contributed by atoms with Crippen molar-refractivity contribution in [3.8, 4) is 0 Å². The monoisotopic (exact) mass is 201 g/mol. The first-order valence-corrected chi connectivity index (χ1v) is 5.47. The Labute approximate surface area is 87.4 Å². The SMILES string of the molecule is COC(CN(CC(C)C)C1CC1)OC. The average Bonchev–Trinajstić information content (AvgIpc) is 2.94. The third-order valence-electron chi connectivity index (χ3n) is 2.57. The second-order valence-electron chi connectivity index (χ2n) is 4.48. The lowest BCUT2D eigenvalue weighted by Gasteiger charge is -2.27. The van der Waals surface area contributed by atoms with Crippen molar-refractivity contribution in [2.75, 3.05) is 27.3 Å². The Hall–Kier alpha value is -0.120. The summed E-state index contributed by atoms with van der Waals surface area (Å²) in [6.07, 6.45) is 2.61. The van der Waals surface area contributed by atoms with Crippen LogP contribution in [-0.4, -0.2) is 44.5 Å². The van der Waals surface area contributed by atoms with Crippen LogP contribution in [0.2, 0.25) is 0 Å². The lowest BCUT2D eigenvalue weighted by atomic mass is 10.2. The summed E-state index contributed by atoms with van der Waals surface area (Å²) in [4.78, 5) is 2.49.